The number of benzene rings is 3. The van der Waals surface area contributed by atoms with E-state index in [0.29, 0.717) is 5.56 Å². The van der Waals surface area contributed by atoms with Gasteiger partial charge in [-0.3, -0.25) is 0 Å². The molecule has 0 spiro atoms. The van der Waals surface area contributed by atoms with E-state index in [9.17, 15) is 4.79 Å². The molecular formula is C24H24O4. The van der Waals surface area contributed by atoms with Crippen molar-refractivity contribution >= 4 is 5.97 Å². The molecule has 0 fully saturated rings. The van der Waals surface area contributed by atoms with Crippen molar-refractivity contribution in [3.05, 3.63) is 89.5 Å². The molecule has 144 valence electrons. The molecule has 0 heterocycles. The van der Waals surface area contributed by atoms with E-state index in [0.717, 1.165) is 34.4 Å². The van der Waals surface area contributed by atoms with Gasteiger partial charge < -0.3 is 14.6 Å². The number of aryl methyl sites for hydroxylation is 1. The van der Waals surface area contributed by atoms with Crippen molar-refractivity contribution in [2.24, 2.45) is 0 Å². The zero-order chi connectivity index (χ0) is 19.8. The Kier molecular flexibility index (Phi) is 6.82. The molecule has 28 heavy (non-hydrogen) atoms. The Balaban J connectivity index is 1.69. The Morgan fingerprint density at radius 3 is 2.32 bits per heavy atom. The van der Waals surface area contributed by atoms with Crippen LogP contribution in [0.5, 0.6) is 5.75 Å². The summed E-state index contributed by atoms with van der Waals surface area (Å²) in [6.07, 6.45) is 0.832. The number of hydrogen-bond donors (Lipinski definition) is 1. The molecule has 3 aromatic carbocycles. The van der Waals surface area contributed by atoms with Crippen LogP contribution in [-0.4, -0.2) is 24.3 Å². The SMILES string of the molecule is CCc1cc(-c2ccc(C(=O)OCc3ccccc3)cc2)ccc1OCCO. The average Bonchev–Trinajstić information content (AvgIpc) is 2.76. The van der Waals surface area contributed by atoms with Gasteiger partial charge in [-0.05, 0) is 52.9 Å². The molecule has 0 amide bonds. The van der Waals surface area contributed by atoms with Crippen LogP contribution >= 0.6 is 0 Å². The van der Waals surface area contributed by atoms with Crippen LogP contribution in [0, 0.1) is 0 Å². The first kappa shape index (κ1) is 19.6. The van der Waals surface area contributed by atoms with E-state index in [1.165, 1.54) is 0 Å². The van der Waals surface area contributed by atoms with Crippen molar-refractivity contribution in [1.29, 1.82) is 0 Å². The second kappa shape index (κ2) is 9.72. The minimum Gasteiger partial charge on any atom is -0.491 e. The fourth-order valence-electron chi connectivity index (χ4n) is 2.94. The van der Waals surface area contributed by atoms with Gasteiger partial charge in [0.2, 0.25) is 0 Å². The fraction of sp³-hybridized carbons (Fsp3) is 0.208. The average molecular weight is 376 g/mol. The Bertz CT molecular complexity index is 902. The Labute approximate surface area is 165 Å². The number of esters is 1. The lowest BCUT2D eigenvalue weighted by molar-refractivity contribution is 0.0472. The molecule has 0 atom stereocenters. The largest absolute Gasteiger partial charge is 0.491 e. The fourth-order valence-corrected chi connectivity index (χ4v) is 2.94. The monoisotopic (exact) mass is 376 g/mol. The second-order valence-electron chi connectivity index (χ2n) is 6.39. The van der Waals surface area contributed by atoms with Gasteiger partial charge in [0.05, 0.1) is 12.2 Å². The first-order chi connectivity index (χ1) is 13.7. The first-order valence-corrected chi connectivity index (χ1v) is 9.39. The topological polar surface area (TPSA) is 55.8 Å². The summed E-state index contributed by atoms with van der Waals surface area (Å²) < 4.78 is 10.9. The van der Waals surface area contributed by atoms with Crippen molar-refractivity contribution in [3.63, 3.8) is 0 Å². The van der Waals surface area contributed by atoms with E-state index in [2.05, 4.69) is 13.0 Å². The summed E-state index contributed by atoms with van der Waals surface area (Å²) in [6, 6.07) is 23.0. The van der Waals surface area contributed by atoms with Gasteiger partial charge in [-0.25, -0.2) is 4.79 Å². The lowest BCUT2D eigenvalue weighted by atomic mass is 10.00. The van der Waals surface area contributed by atoms with Gasteiger partial charge in [0.15, 0.2) is 0 Å². The highest BCUT2D eigenvalue weighted by molar-refractivity contribution is 5.90. The maximum atomic E-state index is 12.3. The highest BCUT2D eigenvalue weighted by Crippen LogP contribution is 2.27. The van der Waals surface area contributed by atoms with Crippen molar-refractivity contribution in [3.8, 4) is 16.9 Å². The molecule has 4 nitrogen and oxygen atoms in total. The van der Waals surface area contributed by atoms with Gasteiger partial charge in [-0.2, -0.15) is 0 Å². The summed E-state index contributed by atoms with van der Waals surface area (Å²) in [5, 5.41) is 8.93. The first-order valence-electron chi connectivity index (χ1n) is 9.39. The number of carbonyl (C=O) groups is 1. The van der Waals surface area contributed by atoms with E-state index in [1.54, 1.807) is 12.1 Å². The van der Waals surface area contributed by atoms with E-state index >= 15 is 0 Å². The van der Waals surface area contributed by atoms with Crippen LogP contribution in [0.15, 0.2) is 72.8 Å². The van der Waals surface area contributed by atoms with Crippen LogP contribution in [0.25, 0.3) is 11.1 Å². The van der Waals surface area contributed by atoms with Crippen molar-refractivity contribution in [2.45, 2.75) is 20.0 Å². The Morgan fingerprint density at radius 2 is 1.64 bits per heavy atom. The summed E-state index contributed by atoms with van der Waals surface area (Å²) >= 11 is 0. The van der Waals surface area contributed by atoms with Crippen molar-refractivity contribution in [1.82, 2.24) is 0 Å². The zero-order valence-corrected chi connectivity index (χ0v) is 15.9. The van der Waals surface area contributed by atoms with Crippen LogP contribution in [0.3, 0.4) is 0 Å². The predicted octanol–water partition coefficient (Wildman–Crippen LogP) is 4.64. The third-order valence-electron chi connectivity index (χ3n) is 4.46. The molecule has 0 aromatic heterocycles. The van der Waals surface area contributed by atoms with Crippen LogP contribution in [0.1, 0.15) is 28.4 Å². The number of aliphatic hydroxyl groups is 1. The molecule has 0 bridgehead atoms. The number of rotatable bonds is 8. The molecule has 3 aromatic rings. The van der Waals surface area contributed by atoms with Gasteiger partial charge in [0.1, 0.15) is 19.0 Å². The quantitative estimate of drug-likeness (QED) is 0.582. The summed E-state index contributed by atoms with van der Waals surface area (Å²) in [4.78, 5) is 12.3. The third kappa shape index (κ3) is 4.99. The van der Waals surface area contributed by atoms with Crippen molar-refractivity contribution < 1.29 is 19.4 Å². The minimum absolute atomic E-state index is 0.00720. The van der Waals surface area contributed by atoms with E-state index < -0.39 is 0 Å². The maximum absolute atomic E-state index is 12.3. The van der Waals surface area contributed by atoms with Gasteiger partial charge in [0.25, 0.3) is 0 Å². The zero-order valence-electron chi connectivity index (χ0n) is 15.9. The van der Waals surface area contributed by atoms with Crippen LogP contribution in [0.2, 0.25) is 0 Å². The van der Waals surface area contributed by atoms with Crippen LogP contribution < -0.4 is 4.74 Å². The number of ether oxygens (including phenoxy) is 2. The standard InChI is InChI=1S/C24H24O4/c1-2-19-16-22(12-13-23(19)27-15-14-25)20-8-10-21(11-9-20)24(26)28-17-18-6-4-3-5-7-18/h3-13,16,25H,2,14-15,17H2,1H3. The number of carbonyl (C=O) groups excluding carboxylic acids is 1. The molecule has 0 radical (unpaired) electrons. The molecule has 1 N–H and O–H groups in total. The van der Waals surface area contributed by atoms with Crippen LogP contribution in [0.4, 0.5) is 0 Å². The minimum atomic E-state index is -0.336. The number of aliphatic hydroxyl groups excluding tert-OH is 1. The Hall–Kier alpha value is -3.11. The lowest BCUT2D eigenvalue weighted by Gasteiger charge is -2.12. The maximum Gasteiger partial charge on any atom is 0.338 e. The molecule has 0 saturated heterocycles. The molecular weight excluding hydrogens is 352 g/mol. The van der Waals surface area contributed by atoms with Gasteiger partial charge in [0, 0.05) is 0 Å². The molecule has 0 aliphatic carbocycles. The molecule has 3 rings (SSSR count). The summed E-state index contributed by atoms with van der Waals surface area (Å²) in [5.74, 6) is 0.457. The van der Waals surface area contributed by atoms with E-state index in [4.69, 9.17) is 14.6 Å². The third-order valence-corrected chi connectivity index (χ3v) is 4.46. The summed E-state index contributed by atoms with van der Waals surface area (Å²) in [5.41, 5.74) is 4.64. The summed E-state index contributed by atoms with van der Waals surface area (Å²) in [6.45, 7) is 2.60. The summed E-state index contributed by atoms with van der Waals surface area (Å²) in [7, 11) is 0. The van der Waals surface area contributed by atoms with Gasteiger partial charge >= 0.3 is 5.97 Å². The highest BCUT2D eigenvalue weighted by Gasteiger charge is 2.09. The van der Waals surface area contributed by atoms with E-state index in [1.807, 2.05) is 54.6 Å². The molecule has 0 aliphatic rings. The lowest BCUT2D eigenvalue weighted by Crippen LogP contribution is -2.05. The Morgan fingerprint density at radius 1 is 0.929 bits per heavy atom. The second-order valence-corrected chi connectivity index (χ2v) is 6.39. The molecule has 0 saturated carbocycles. The van der Waals surface area contributed by atoms with Gasteiger partial charge in [-0.15, -0.1) is 0 Å². The van der Waals surface area contributed by atoms with Crippen molar-refractivity contribution in [2.75, 3.05) is 13.2 Å². The molecule has 0 aliphatic heterocycles. The van der Waals surface area contributed by atoms with Crippen LogP contribution in [-0.2, 0) is 17.8 Å². The highest BCUT2D eigenvalue weighted by atomic mass is 16.5. The predicted molar refractivity (Wildman–Crippen MR) is 109 cm³/mol. The number of hydrogen-bond acceptors (Lipinski definition) is 4. The van der Waals surface area contributed by atoms with E-state index in [-0.39, 0.29) is 25.8 Å². The normalized spacial score (nSPS) is 10.5. The molecule has 4 heteroatoms. The smallest absolute Gasteiger partial charge is 0.338 e. The van der Waals surface area contributed by atoms with Gasteiger partial charge in [-0.1, -0.05) is 55.5 Å². The molecule has 0 unspecified atom stereocenters.